The van der Waals surface area contributed by atoms with Crippen molar-refractivity contribution in [3.63, 3.8) is 0 Å². The summed E-state index contributed by atoms with van der Waals surface area (Å²) in [5.41, 5.74) is 0.875. The number of nitrogens with zero attached hydrogens (tertiary/aromatic N) is 1. The van der Waals surface area contributed by atoms with Gasteiger partial charge < -0.3 is 10.1 Å². The fraction of sp³-hybridized carbons (Fsp3) is 0.308. The van der Waals surface area contributed by atoms with E-state index in [0.717, 1.165) is 16.7 Å². The van der Waals surface area contributed by atoms with Crippen molar-refractivity contribution in [1.29, 1.82) is 0 Å². The molecule has 0 aliphatic carbocycles. The van der Waals surface area contributed by atoms with Gasteiger partial charge in [-0.15, -0.1) is 0 Å². The smallest absolute Gasteiger partial charge is 0.325 e. The molecule has 2 rings (SSSR count). The van der Waals surface area contributed by atoms with Crippen LogP contribution in [-0.4, -0.2) is 23.7 Å². The highest BCUT2D eigenvalue weighted by Gasteiger charge is 2.08. The van der Waals surface area contributed by atoms with E-state index in [1.54, 1.807) is 17.8 Å². The first kappa shape index (κ1) is 11.5. The van der Waals surface area contributed by atoms with E-state index < -0.39 is 0 Å². The van der Waals surface area contributed by atoms with Gasteiger partial charge in [-0.1, -0.05) is 0 Å². The Morgan fingerprint density at radius 2 is 2.12 bits per heavy atom. The molecule has 0 saturated heterocycles. The van der Waals surface area contributed by atoms with Crippen LogP contribution in [0.15, 0.2) is 30.5 Å². The second-order valence-electron chi connectivity index (χ2n) is 4.13. The molecule has 90 valence electrons. The van der Waals surface area contributed by atoms with Gasteiger partial charge in [-0.2, -0.15) is 0 Å². The SMILES string of the molecule is CNC(=O)n1ccc2cc(OC(C)C)ccc21. The topological polar surface area (TPSA) is 43.3 Å². The maximum absolute atomic E-state index is 11.6. The number of nitrogens with one attached hydrogen (secondary N) is 1. The summed E-state index contributed by atoms with van der Waals surface area (Å²) in [6.07, 6.45) is 1.90. The fourth-order valence-corrected chi connectivity index (χ4v) is 1.76. The lowest BCUT2D eigenvalue weighted by Crippen LogP contribution is -2.23. The van der Waals surface area contributed by atoms with Gasteiger partial charge in [0.25, 0.3) is 0 Å². The first-order valence-electron chi connectivity index (χ1n) is 5.61. The lowest BCUT2D eigenvalue weighted by molar-refractivity contribution is 0.242. The van der Waals surface area contributed by atoms with E-state index in [0.29, 0.717) is 0 Å². The second kappa shape index (κ2) is 4.49. The lowest BCUT2D eigenvalue weighted by Gasteiger charge is -2.09. The quantitative estimate of drug-likeness (QED) is 0.864. The molecule has 0 radical (unpaired) electrons. The molecule has 1 amide bonds. The van der Waals surface area contributed by atoms with Crippen LogP contribution in [0.2, 0.25) is 0 Å². The molecule has 0 bridgehead atoms. The number of carbonyl (C=O) groups excluding carboxylic acids is 1. The van der Waals surface area contributed by atoms with Crippen LogP contribution in [-0.2, 0) is 0 Å². The van der Waals surface area contributed by atoms with Crippen LogP contribution in [0.1, 0.15) is 13.8 Å². The Morgan fingerprint density at radius 3 is 2.76 bits per heavy atom. The number of carbonyl (C=O) groups is 1. The van der Waals surface area contributed by atoms with Crippen molar-refractivity contribution in [2.24, 2.45) is 0 Å². The molecule has 1 aromatic carbocycles. The molecular weight excluding hydrogens is 216 g/mol. The van der Waals surface area contributed by atoms with Gasteiger partial charge in [-0.3, -0.25) is 4.57 Å². The van der Waals surface area contributed by atoms with Gasteiger partial charge in [0.2, 0.25) is 0 Å². The first-order chi connectivity index (χ1) is 8.11. The maximum atomic E-state index is 11.6. The van der Waals surface area contributed by atoms with Gasteiger partial charge >= 0.3 is 6.03 Å². The molecule has 1 N–H and O–H groups in total. The van der Waals surface area contributed by atoms with Crippen LogP contribution < -0.4 is 10.1 Å². The maximum Gasteiger partial charge on any atom is 0.325 e. The monoisotopic (exact) mass is 232 g/mol. The normalized spacial score (nSPS) is 10.8. The average Bonchev–Trinajstić information content (AvgIpc) is 2.70. The van der Waals surface area contributed by atoms with Gasteiger partial charge in [0.1, 0.15) is 5.75 Å². The number of aromatic nitrogens is 1. The minimum atomic E-state index is -0.141. The van der Waals surface area contributed by atoms with E-state index in [-0.39, 0.29) is 12.1 Å². The zero-order valence-electron chi connectivity index (χ0n) is 10.2. The summed E-state index contributed by atoms with van der Waals surface area (Å²) < 4.78 is 7.19. The van der Waals surface area contributed by atoms with Crippen LogP contribution in [0.4, 0.5) is 4.79 Å². The zero-order valence-corrected chi connectivity index (χ0v) is 10.2. The van der Waals surface area contributed by atoms with Crippen molar-refractivity contribution in [2.75, 3.05) is 7.05 Å². The van der Waals surface area contributed by atoms with E-state index >= 15 is 0 Å². The van der Waals surface area contributed by atoms with Crippen molar-refractivity contribution in [1.82, 2.24) is 9.88 Å². The Kier molecular flexibility index (Phi) is 3.04. The lowest BCUT2D eigenvalue weighted by atomic mass is 10.2. The van der Waals surface area contributed by atoms with Gasteiger partial charge in [-0.25, -0.2) is 4.79 Å². The number of amides is 1. The van der Waals surface area contributed by atoms with Crippen molar-refractivity contribution in [3.8, 4) is 5.75 Å². The molecule has 4 nitrogen and oxygen atoms in total. The minimum Gasteiger partial charge on any atom is -0.491 e. The summed E-state index contributed by atoms with van der Waals surface area (Å²) >= 11 is 0. The van der Waals surface area contributed by atoms with E-state index in [9.17, 15) is 4.79 Å². The molecule has 0 atom stereocenters. The van der Waals surface area contributed by atoms with Crippen molar-refractivity contribution in [3.05, 3.63) is 30.5 Å². The Labute approximate surface area is 100 Å². The molecule has 0 unspecified atom stereocenters. The fourth-order valence-electron chi connectivity index (χ4n) is 1.76. The highest BCUT2D eigenvalue weighted by molar-refractivity contribution is 5.92. The Hall–Kier alpha value is -1.97. The summed E-state index contributed by atoms with van der Waals surface area (Å²) in [5.74, 6) is 0.821. The Morgan fingerprint density at radius 1 is 1.35 bits per heavy atom. The molecule has 4 heteroatoms. The van der Waals surface area contributed by atoms with Gasteiger partial charge in [-0.05, 0) is 38.1 Å². The summed E-state index contributed by atoms with van der Waals surface area (Å²) in [6, 6.07) is 7.47. The first-order valence-corrected chi connectivity index (χ1v) is 5.61. The van der Waals surface area contributed by atoms with Crippen LogP contribution in [0.5, 0.6) is 5.75 Å². The number of benzene rings is 1. The average molecular weight is 232 g/mol. The molecule has 0 fully saturated rings. The third-order valence-electron chi connectivity index (χ3n) is 2.47. The van der Waals surface area contributed by atoms with Crippen LogP contribution in [0.25, 0.3) is 10.9 Å². The Balaban J connectivity index is 2.41. The minimum absolute atomic E-state index is 0.141. The molecule has 17 heavy (non-hydrogen) atoms. The molecular formula is C13H16N2O2. The standard InChI is InChI=1S/C13H16N2O2/c1-9(2)17-11-4-5-12-10(8-11)6-7-15(12)13(16)14-3/h4-9H,1-3H3,(H,14,16). The molecule has 0 spiro atoms. The number of fused-ring (bicyclic) bond motifs is 1. The number of hydrogen-bond acceptors (Lipinski definition) is 2. The number of rotatable bonds is 2. The van der Waals surface area contributed by atoms with E-state index in [4.69, 9.17) is 4.74 Å². The summed E-state index contributed by atoms with van der Waals surface area (Å²) in [7, 11) is 1.62. The third-order valence-corrected chi connectivity index (χ3v) is 2.47. The van der Waals surface area contributed by atoms with Crippen molar-refractivity contribution < 1.29 is 9.53 Å². The summed E-state index contributed by atoms with van der Waals surface area (Å²) in [4.78, 5) is 11.6. The molecule has 1 aromatic heterocycles. The van der Waals surface area contributed by atoms with Crippen molar-refractivity contribution in [2.45, 2.75) is 20.0 Å². The van der Waals surface area contributed by atoms with Gasteiger partial charge in [0.15, 0.2) is 0 Å². The van der Waals surface area contributed by atoms with Crippen molar-refractivity contribution >= 4 is 16.9 Å². The third kappa shape index (κ3) is 2.25. The highest BCUT2D eigenvalue weighted by Crippen LogP contribution is 2.22. The molecule has 0 saturated carbocycles. The predicted octanol–water partition coefficient (Wildman–Crippen LogP) is 2.62. The van der Waals surface area contributed by atoms with Crippen LogP contribution in [0.3, 0.4) is 0 Å². The van der Waals surface area contributed by atoms with Gasteiger partial charge in [0.05, 0.1) is 11.6 Å². The largest absolute Gasteiger partial charge is 0.491 e. The predicted molar refractivity (Wildman–Crippen MR) is 67.6 cm³/mol. The number of hydrogen-bond donors (Lipinski definition) is 1. The summed E-state index contributed by atoms with van der Waals surface area (Å²) in [5, 5.41) is 3.59. The van der Waals surface area contributed by atoms with E-state index in [2.05, 4.69) is 5.32 Å². The van der Waals surface area contributed by atoms with Crippen LogP contribution >= 0.6 is 0 Å². The van der Waals surface area contributed by atoms with E-state index in [1.165, 1.54) is 0 Å². The molecule has 2 aromatic rings. The van der Waals surface area contributed by atoms with Crippen LogP contribution in [0, 0.1) is 0 Å². The highest BCUT2D eigenvalue weighted by atomic mass is 16.5. The van der Waals surface area contributed by atoms with E-state index in [1.807, 2.05) is 38.1 Å². The van der Waals surface area contributed by atoms with Gasteiger partial charge in [0, 0.05) is 18.6 Å². The molecule has 0 aliphatic rings. The zero-order chi connectivity index (χ0) is 12.4. The Bertz CT molecular complexity index is 543. The molecule has 0 aliphatic heterocycles. The number of ether oxygens (including phenoxy) is 1. The second-order valence-corrected chi connectivity index (χ2v) is 4.13. The molecule has 1 heterocycles. The summed E-state index contributed by atoms with van der Waals surface area (Å²) in [6.45, 7) is 3.97.